The van der Waals surface area contributed by atoms with Crippen molar-refractivity contribution in [2.45, 2.75) is 58.7 Å². The Hall–Kier alpha value is -1.88. The Bertz CT molecular complexity index is 670. The fraction of sp³-hybridized carbons (Fsp3) is 0.556. The van der Waals surface area contributed by atoms with E-state index in [2.05, 4.69) is 54.8 Å². The first-order chi connectivity index (χ1) is 11.1. The third-order valence-electron chi connectivity index (χ3n) is 4.56. The average Bonchev–Trinajstić information content (AvgIpc) is 3.20. The number of aromatic nitrogens is 3. The van der Waals surface area contributed by atoms with Crippen molar-refractivity contribution in [2.24, 2.45) is 0 Å². The molecule has 0 unspecified atom stereocenters. The molecule has 1 saturated heterocycles. The molecule has 1 fully saturated rings. The van der Waals surface area contributed by atoms with Gasteiger partial charge in [0.05, 0.1) is 18.3 Å². The normalized spacial score (nSPS) is 18.9. The van der Waals surface area contributed by atoms with E-state index in [9.17, 15) is 0 Å². The number of nitrogens with zero attached hydrogens (tertiary/aromatic N) is 4. The van der Waals surface area contributed by atoms with Crippen LogP contribution in [0.25, 0.3) is 0 Å². The lowest BCUT2D eigenvalue weighted by molar-refractivity contribution is 0.235. The number of allylic oxidation sites excluding steroid dienone is 1. The van der Waals surface area contributed by atoms with Crippen molar-refractivity contribution in [1.29, 1.82) is 0 Å². The summed E-state index contributed by atoms with van der Waals surface area (Å²) in [5.41, 5.74) is 3.45. The maximum atomic E-state index is 5.49. The molecule has 2 aromatic heterocycles. The number of hydrogen-bond acceptors (Lipinski definition) is 4. The Morgan fingerprint density at radius 3 is 3.00 bits per heavy atom. The van der Waals surface area contributed by atoms with E-state index in [1.165, 1.54) is 12.0 Å². The fourth-order valence-electron chi connectivity index (χ4n) is 3.24. The van der Waals surface area contributed by atoms with E-state index in [0.29, 0.717) is 12.0 Å². The summed E-state index contributed by atoms with van der Waals surface area (Å²) >= 11 is 0. The second kappa shape index (κ2) is 6.71. The van der Waals surface area contributed by atoms with E-state index < -0.39 is 0 Å². The summed E-state index contributed by atoms with van der Waals surface area (Å²) in [5.74, 6) is 1.35. The van der Waals surface area contributed by atoms with Crippen molar-refractivity contribution in [3.05, 3.63) is 47.6 Å². The maximum absolute atomic E-state index is 5.49. The molecule has 0 aliphatic carbocycles. The molecule has 0 spiro atoms. The Labute approximate surface area is 138 Å². The van der Waals surface area contributed by atoms with Crippen LogP contribution in [0, 0.1) is 6.92 Å². The minimum Gasteiger partial charge on any atom is -0.361 e. The summed E-state index contributed by atoms with van der Waals surface area (Å²) in [4.78, 5) is 2.49. The number of rotatable bonds is 6. The SMILES string of the molecule is C=CCn1cc(CN2CCC[C@@H]2c2cc(C(C)C)on2)c(C)n1. The van der Waals surface area contributed by atoms with Crippen molar-refractivity contribution in [1.82, 2.24) is 19.8 Å². The molecule has 2 aromatic rings. The Morgan fingerprint density at radius 2 is 2.30 bits per heavy atom. The summed E-state index contributed by atoms with van der Waals surface area (Å²) in [6, 6.07) is 2.48. The first kappa shape index (κ1) is 16.0. The van der Waals surface area contributed by atoms with Crippen LogP contribution in [0.4, 0.5) is 0 Å². The van der Waals surface area contributed by atoms with Crippen LogP contribution in [-0.4, -0.2) is 26.4 Å². The number of hydrogen-bond donors (Lipinski definition) is 0. The van der Waals surface area contributed by atoms with Crippen LogP contribution in [0.5, 0.6) is 0 Å². The zero-order valence-corrected chi connectivity index (χ0v) is 14.3. The molecule has 124 valence electrons. The van der Waals surface area contributed by atoms with Crippen LogP contribution < -0.4 is 0 Å². The summed E-state index contributed by atoms with van der Waals surface area (Å²) < 4.78 is 7.45. The minimum atomic E-state index is 0.355. The van der Waals surface area contributed by atoms with Gasteiger partial charge in [-0.1, -0.05) is 25.1 Å². The van der Waals surface area contributed by atoms with Crippen molar-refractivity contribution in [3.8, 4) is 0 Å². The van der Waals surface area contributed by atoms with E-state index in [0.717, 1.165) is 43.2 Å². The topological polar surface area (TPSA) is 47.1 Å². The first-order valence-electron chi connectivity index (χ1n) is 8.43. The highest BCUT2D eigenvalue weighted by Crippen LogP contribution is 2.34. The quantitative estimate of drug-likeness (QED) is 0.760. The standard InChI is InChI=1S/C18H26N4O/c1-5-8-22-12-15(14(4)19-22)11-21-9-6-7-17(21)16-10-18(13(2)3)23-20-16/h5,10,12-13,17H,1,6-9,11H2,2-4H3/t17-/m1/s1. The van der Waals surface area contributed by atoms with E-state index in [1.54, 1.807) is 0 Å². The van der Waals surface area contributed by atoms with Gasteiger partial charge in [0.2, 0.25) is 0 Å². The van der Waals surface area contributed by atoms with Crippen LogP contribution in [-0.2, 0) is 13.1 Å². The van der Waals surface area contributed by atoms with Gasteiger partial charge in [-0.15, -0.1) is 6.58 Å². The van der Waals surface area contributed by atoms with E-state index in [4.69, 9.17) is 4.52 Å². The largest absolute Gasteiger partial charge is 0.361 e. The van der Waals surface area contributed by atoms with Crippen LogP contribution in [0.15, 0.2) is 29.4 Å². The molecule has 0 aromatic carbocycles. The highest BCUT2D eigenvalue weighted by Gasteiger charge is 2.29. The maximum Gasteiger partial charge on any atom is 0.139 e. The molecule has 0 saturated carbocycles. The van der Waals surface area contributed by atoms with E-state index in [1.807, 2.05) is 10.8 Å². The van der Waals surface area contributed by atoms with Gasteiger partial charge in [0.25, 0.3) is 0 Å². The van der Waals surface area contributed by atoms with Gasteiger partial charge >= 0.3 is 0 Å². The molecule has 1 aliphatic rings. The molecular formula is C18H26N4O. The molecule has 1 aliphatic heterocycles. The van der Waals surface area contributed by atoms with Gasteiger partial charge in [-0.2, -0.15) is 5.10 Å². The third kappa shape index (κ3) is 3.39. The predicted octanol–water partition coefficient (Wildman–Crippen LogP) is 3.83. The Kier molecular flexibility index (Phi) is 4.66. The second-order valence-corrected chi connectivity index (χ2v) is 6.69. The zero-order chi connectivity index (χ0) is 16.4. The molecule has 5 heteroatoms. The lowest BCUT2D eigenvalue weighted by Gasteiger charge is -2.22. The van der Waals surface area contributed by atoms with Crippen molar-refractivity contribution >= 4 is 0 Å². The van der Waals surface area contributed by atoms with Crippen LogP contribution >= 0.6 is 0 Å². The van der Waals surface area contributed by atoms with Gasteiger partial charge in [0.15, 0.2) is 0 Å². The molecule has 3 rings (SSSR count). The van der Waals surface area contributed by atoms with Crippen LogP contribution in [0.2, 0.25) is 0 Å². The molecule has 0 radical (unpaired) electrons. The molecule has 23 heavy (non-hydrogen) atoms. The average molecular weight is 314 g/mol. The number of aryl methyl sites for hydroxylation is 1. The molecule has 0 N–H and O–H groups in total. The van der Waals surface area contributed by atoms with Crippen molar-refractivity contribution < 1.29 is 4.52 Å². The summed E-state index contributed by atoms with van der Waals surface area (Å²) in [6.45, 7) is 12.9. The predicted molar refractivity (Wildman–Crippen MR) is 90.1 cm³/mol. The molecular weight excluding hydrogens is 288 g/mol. The van der Waals surface area contributed by atoms with Crippen LogP contribution in [0.3, 0.4) is 0 Å². The van der Waals surface area contributed by atoms with Gasteiger partial charge in [0.1, 0.15) is 11.5 Å². The van der Waals surface area contributed by atoms with Crippen molar-refractivity contribution in [3.63, 3.8) is 0 Å². The lowest BCUT2D eigenvalue weighted by atomic mass is 10.1. The summed E-state index contributed by atoms with van der Waals surface area (Å²) in [7, 11) is 0. The Morgan fingerprint density at radius 1 is 1.48 bits per heavy atom. The molecule has 0 amide bonds. The molecule has 5 nitrogen and oxygen atoms in total. The zero-order valence-electron chi connectivity index (χ0n) is 14.3. The minimum absolute atomic E-state index is 0.355. The van der Waals surface area contributed by atoms with E-state index in [-0.39, 0.29) is 0 Å². The van der Waals surface area contributed by atoms with E-state index >= 15 is 0 Å². The van der Waals surface area contributed by atoms with Gasteiger partial charge in [-0.05, 0) is 26.3 Å². The van der Waals surface area contributed by atoms with Crippen LogP contribution in [0.1, 0.15) is 61.4 Å². The monoisotopic (exact) mass is 314 g/mol. The smallest absolute Gasteiger partial charge is 0.139 e. The second-order valence-electron chi connectivity index (χ2n) is 6.69. The summed E-state index contributed by atoms with van der Waals surface area (Å²) in [6.07, 6.45) is 6.35. The third-order valence-corrected chi connectivity index (χ3v) is 4.56. The van der Waals surface area contributed by atoms with Gasteiger partial charge in [-0.25, -0.2) is 0 Å². The number of likely N-dealkylation sites (tertiary alicyclic amines) is 1. The molecule has 3 heterocycles. The summed E-state index contributed by atoms with van der Waals surface area (Å²) in [5, 5.41) is 8.87. The highest BCUT2D eigenvalue weighted by atomic mass is 16.5. The van der Waals surface area contributed by atoms with Gasteiger partial charge in [0, 0.05) is 30.3 Å². The first-order valence-corrected chi connectivity index (χ1v) is 8.43. The van der Waals surface area contributed by atoms with Gasteiger partial charge in [-0.3, -0.25) is 9.58 Å². The Balaban J connectivity index is 1.75. The van der Waals surface area contributed by atoms with Gasteiger partial charge < -0.3 is 4.52 Å². The lowest BCUT2D eigenvalue weighted by Crippen LogP contribution is -2.23. The fourth-order valence-corrected chi connectivity index (χ4v) is 3.24. The highest BCUT2D eigenvalue weighted by molar-refractivity contribution is 5.18. The van der Waals surface area contributed by atoms with Crippen molar-refractivity contribution in [2.75, 3.05) is 6.54 Å². The molecule has 1 atom stereocenters. The molecule has 0 bridgehead atoms.